The van der Waals surface area contributed by atoms with Crippen molar-refractivity contribution in [2.75, 3.05) is 0 Å². The fourth-order valence-corrected chi connectivity index (χ4v) is 5.49. The average Bonchev–Trinajstić information content (AvgIpc) is 3.37. The van der Waals surface area contributed by atoms with Crippen LogP contribution in [0.25, 0.3) is 11.4 Å². The summed E-state index contributed by atoms with van der Waals surface area (Å²) in [7, 11) is 0. The summed E-state index contributed by atoms with van der Waals surface area (Å²) >= 11 is 1.54. The molecule has 4 heterocycles. The minimum atomic E-state index is -0.513. The van der Waals surface area contributed by atoms with E-state index >= 15 is 0 Å². The zero-order valence-corrected chi connectivity index (χ0v) is 17.0. The van der Waals surface area contributed by atoms with Crippen LogP contribution < -0.4 is 5.73 Å². The van der Waals surface area contributed by atoms with Crippen LogP contribution >= 0.6 is 11.3 Å². The molecular formula is C22H22N4O2S. The highest BCUT2D eigenvalue weighted by atomic mass is 32.1. The molecule has 0 spiro atoms. The number of benzene rings is 1. The second-order valence-electron chi connectivity index (χ2n) is 7.78. The van der Waals surface area contributed by atoms with E-state index in [0.29, 0.717) is 18.7 Å². The zero-order chi connectivity index (χ0) is 20.1. The Morgan fingerprint density at radius 2 is 1.86 bits per heavy atom. The molecule has 0 radical (unpaired) electrons. The number of carbonyl (C=O) groups is 2. The van der Waals surface area contributed by atoms with Gasteiger partial charge in [0.1, 0.15) is 11.5 Å². The van der Waals surface area contributed by atoms with E-state index in [1.54, 1.807) is 0 Å². The predicted octanol–water partition coefficient (Wildman–Crippen LogP) is 3.25. The molecule has 1 fully saturated rings. The number of hydrogen-bond acceptors (Lipinski definition) is 4. The number of rotatable bonds is 3. The van der Waals surface area contributed by atoms with Gasteiger partial charge in [-0.25, -0.2) is 4.98 Å². The molecule has 29 heavy (non-hydrogen) atoms. The van der Waals surface area contributed by atoms with Crippen molar-refractivity contribution in [3.05, 3.63) is 63.6 Å². The van der Waals surface area contributed by atoms with Crippen molar-refractivity contribution in [2.45, 2.75) is 44.8 Å². The van der Waals surface area contributed by atoms with Gasteiger partial charge in [0.15, 0.2) is 0 Å². The lowest BCUT2D eigenvalue weighted by Gasteiger charge is -2.27. The lowest BCUT2D eigenvalue weighted by atomic mass is 10.1. The Morgan fingerprint density at radius 3 is 2.55 bits per heavy atom. The molecule has 0 saturated carbocycles. The summed E-state index contributed by atoms with van der Waals surface area (Å²) in [5, 5.41) is 0. The van der Waals surface area contributed by atoms with Gasteiger partial charge in [-0.15, -0.1) is 11.3 Å². The molecule has 1 aromatic carbocycles. The van der Waals surface area contributed by atoms with Gasteiger partial charge in [0, 0.05) is 29.4 Å². The molecule has 5 rings (SSSR count). The molecule has 3 aromatic rings. The number of nitrogens with zero attached hydrogens (tertiary/aromatic N) is 3. The molecule has 2 bridgehead atoms. The minimum absolute atomic E-state index is 0.0644. The number of aryl methyl sites for hydroxylation is 1. The van der Waals surface area contributed by atoms with Gasteiger partial charge >= 0.3 is 0 Å². The first-order chi connectivity index (χ1) is 14.0. The van der Waals surface area contributed by atoms with Crippen molar-refractivity contribution >= 4 is 23.2 Å². The smallest absolute Gasteiger partial charge is 0.269 e. The second-order valence-corrected chi connectivity index (χ2v) is 9.07. The highest BCUT2D eigenvalue weighted by Crippen LogP contribution is 2.37. The number of fused-ring (bicyclic) bond motifs is 3. The first kappa shape index (κ1) is 18.1. The Balaban J connectivity index is 1.58. The van der Waals surface area contributed by atoms with Gasteiger partial charge in [0.05, 0.1) is 16.6 Å². The highest BCUT2D eigenvalue weighted by Gasteiger charge is 2.42. The maximum atomic E-state index is 13.3. The molecule has 2 aromatic heterocycles. The third-order valence-electron chi connectivity index (χ3n) is 5.97. The monoisotopic (exact) mass is 406 g/mol. The fourth-order valence-electron chi connectivity index (χ4n) is 4.68. The SMILES string of the molecule is Cc1ccc(C(=O)N2[C@@H]3CC[C@H]2Cc2c(C(N)=O)nc(-c4ccccc4)n2C3)s1. The molecule has 2 atom stereocenters. The zero-order valence-electron chi connectivity index (χ0n) is 16.2. The number of imidazole rings is 1. The maximum Gasteiger partial charge on any atom is 0.269 e. The van der Waals surface area contributed by atoms with Crippen molar-refractivity contribution in [3.63, 3.8) is 0 Å². The number of amides is 2. The van der Waals surface area contributed by atoms with Crippen LogP contribution in [0, 0.1) is 6.92 Å². The largest absolute Gasteiger partial charge is 0.364 e. The number of primary amides is 1. The molecule has 148 valence electrons. The Labute approximate surface area is 173 Å². The first-order valence-corrected chi connectivity index (χ1v) is 10.7. The van der Waals surface area contributed by atoms with E-state index < -0.39 is 5.91 Å². The molecule has 7 heteroatoms. The molecule has 2 amide bonds. The van der Waals surface area contributed by atoms with E-state index in [0.717, 1.165) is 39.7 Å². The molecule has 0 aliphatic carbocycles. The van der Waals surface area contributed by atoms with Crippen LogP contribution in [0.15, 0.2) is 42.5 Å². The molecule has 0 unspecified atom stereocenters. The number of carbonyl (C=O) groups excluding carboxylic acids is 2. The summed E-state index contributed by atoms with van der Waals surface area (Å²) in [5.41, 5.74) is 7.80. The van der Waals surface area contributed by atoms with Crippen molar-refractivity contribution < 1.29 is 9.59 Å². The third-order valence-corrected chi connectivity index (χ3v) is 6.95. The maximum absolute atomic E-state index is 13.3. The van der Waals surface area contributed by atoms with Crippen LogP contribution in [0.5, 0.6) is 0 Å². The molecule has 2 N–H and O–H groups in total. The number of nitrogens with two attached hydrogens (primary N) is 1. The summed E-state index contributed by atoms with van der Waals surface area (Å²) in [4.78, 5) is 34.0. The lowest BCUT2D eigenvalue weighted by Crippen LogP contribution is -2.41. The molecule has 1 saturated heterocycles. The van der Waals surface area contributed by atoms with Gasteiger partial charge in [-0.2, -0.15) is 0 Å². The Bertz CT molecular complexity index is 1100. The minimum Gasteiger partial charge on any atom is -0.364 e. The Kier molecular flexibility index (Phi) is 4.28. The summed E-state index contributed by atoms with van der Waals surface area (Å²) in [6.07, 6.45) is 2.49. The van der Waals surface area contributed by atoms with Gasteiger partial charge < -0.3 is 15.2 Å². The van der Waals surface area contributed by atoms with Crippen molar-refractivity contribution in [3.8, 4) is 11.4 Å². The number of aromatic nitrogens is 2. The van der Waals surface area contributed by atoms with Crippen LogP contribution in [0.2, 0.25) is 0 Å². The lowest BCUT2D eigenvalue weighted by molar-refractivity contribution is 0.0671. The van der Waals surface area contributed by atoms with Gasteiger partial charge in [-0.1, -0.05) is 30.3 Å². The van der Waals surface area contributed by atoms with Gasteiger partial charge in [0.25, 0.3) is 11.8 Å². The predicted molar refractivity (Wildman–Crippen MR) is 112 cm³/mol. The van der Waals surface area contributed by atoms with Crippen LogP contribution in [0.1, 0.15) is 43.6 Å². The quantitative estimate of drug-likeness (QED) is 0.725. The topological polar surface area (TPSA) is 81.2 Å². The van der Waals surface area contributed by atoms with E-state index in [1.807, 2.05) is 54.3 Å². The van der Waals surface area contributed by atoms with Crippen molar-refractivity contribution in [2.24, 2.45) is 5.73 Å². The molecular weight excluding hydrogens is 384 g/mol. The van der Waals surface area contributed by atoms with Gasteiger partial charge in [0.2, 0.25) is 0 Å². The van der Waals surface area contributed by atoms with Crippen LogP contribution in [-0.2, 0) is 13.0 Å². The van der Waals surface area contributed by atoms with Crippen LogP contribution in [0.4, 0.5) is 0 Å². The van der Waals surface area contributed by atoms with E-state index in [9.17, 15) is 9.59 Å². The number of hydrogen-bond donors (Lipinski definition) is 1. The highest BCUT2D eigenvalue weighted by molar-refractivity contribution is 7.13. The van der Waals surface area contributed by atoms with E-state index in [-0.39, 0.29) is 18.0 Å². The average molecular weight is 407 g/mol. The normalized spacial score (nSPS) is 20.4. The molecule has 2 aliphatic heterocycles. The fraction of sp³-hybridized carbons (Fsp3) is 0.318. The second kappa shape index (κ2) is 6.84. The van der Waals surface area contributed by atoms with Gasteiger partial charge in [-0.05, 0) is 31.9 Å². The van der Waals surface area contributed by atoms with Gasteiger partial charge in [-0.3, -0.25) is 9.59 Å². The Morgan fingerprint density at radius 1 is 1.10 bits per heavy atom. The summed E-state index contributed by atoms with van der Waals surface area (Å²) in [6, 6.07) is 13.9. The molecule has 2 aliphatic rings. The number of thiophene rings is 1. The van der Waals surface area contributed by atoms with Crippen LogP contribution in [0.3, 0.4) is 0 Å². The Hall–Kier alpha value is -2.93. The van der Waals surface area contributed by atoms with Crippen molar-refractivity contribution in [1.29, 1.82) is 0 Å². The third kappa shape index (κ3) is 2.97. The first-order valence-electron chi connectivity index (χ1n) is 9.86. The summed E-state index contributed by atoms with van der Waals surface area (Å²) < 4.78 is 2.11. The van der Waals surface area contributed by atoms with E-state index in [4.69, 9.17) is 5.73 Å². The standard InChI is InChI=1S/C22H22N4O2S/c1-13-7-10-18(29-13)22(28)26-15-8-9-16(26)12-25-17(11-15)19(20(23)27)24-21(25)14-5-3-2-4-6-14/h2-7,10,15-16H,8-9,11-12H2,1H3,(H2,23,27)/t15-,16+/m0/s1. The molecule has 6 nitrogen and oxygen atoms in total. The van der Waals surface area contributed by atoms with E-state index in [2.05, 4.69) is 9.55 Å². The summed E-state index contributed by atoms with van der Waals surface area (Å²) in [6.45, 7) is 2.65. The summed E-state index contributed by atoms with van der Waals surface area (Å²) in [5.74, 6) is 0.331. The van der Waals surface area contributed by atoms with Crippen LogP contribution in [-0.4, -0.2) is 38.3 Å². The van der Waals surface area contributed by atoms with E-state index in [1.165, 1.54) is 11.3 Å². The van der Waals surface area contributed by atoms with Crippen molar-refractivity contribution in [1.82, 2.24) is 14.5 Å².